The molecule has 1 aliphatic rings. The Morgan fingerprint density at radius 3 is 2.89 bits per heavy atom. The average molecular weight is 247 g/mol. The molecule has 3 heteroatoms. The molecular weight excluding hydrogens is 226 g/mol. The molecule has 1 atom stereocenters. The summed E-state index contributed by atoms with van der Waals surface area (Å²) in [4.78, 5) is 11.5. The first-order valence-corrected chi connectivity index (χ1v) is 6.73. The van der Waals surface area contributed by atoms with Gasteiger partial charge in [-0.3, -0.25) is 4.79 Å². The van der Waals surface area contributed by atoms with Crippen molar-refractivity contribution in [3.8, 4) is 0 Å². The van der Waals surface area contributed by atoms with Gasteiger partial charge in [0.2, 0.25) is 5.91 Å². The van der Waals surface area contributed by atoms with Crippen LogP contribution in [0.4, 0.5) is 5.69 Å². The van der Waals surface area contributed by atoms with Crippen LogP contribution in [0.2, 0.25) is 0 Å². The largest absolute Gasteiger partial charge is 0.388 e. The van der Waals surface area contributed by atoms with Crippen LogP contribution >= 0.6 is 0 Å². The molecule has 0 aliphatic carbocycles. The molecule has 0 saturated carbocycles. The summed E-state index contributed by atoms with van der Waals surface area (Å²) < 4.78 is 0. The average Bonchev–Trinajstić information content (AvgIpc) is 2.35. The highest BCUT2D eigenvalue weighted by molar-refractivity contribution is 5.95. The fourth-order valence-corrected chi connectivity index (χ4v) is 2.51. The zero-order valence-corrected chi connectivity index (χ0v) is 11.1. The molecule has 2 rings (SSSR count). The van der Waals surface area contributed by atoms with E-state index in [1.54, 1.807) is 0 Å². The monoisotopic (exact) mass is 247 g/mol. The van der Waals surface area contributed by atoms with Gasteiger partial charge in [-0.2, -0.15) is 0 Å². The molecule has 0 bridgehead atoms. The highest BCUT2D eigenvalue weighted by atomic mass is 16.3. The molecule has 1 aliphatic heterocycles. The highest BCUT2D eigenvalue weighted by Gasteiger charge is 2.21. The van der Waals surface area contributed by atoms with Crippen molar-refractivity contribution in [1.29, 1.82) is 0 Å². The molecule has 0 radical (unpaired) electrons. The van der Waals surface area contributed by atoms with Crippen LogP contribution in [-0.2, 0) is 11.2 Å². The van der Waals surface area contributed by atoms with Crippen molar-refractivity contribution in [1.82, 2.24) is 0 Å². The Morgan fingerprint density at radius 2 is 2.17 bits per heavy atom. The third-order valence-electron chi connectivity index (χ3n) is 3.47. The quantitative estimate of drug-likeness (QED) is 0.859. The Morgan fingerprint density at radius 1 is 1.39 bits per heavy atom. The summed E-state index contributed by atoms with van der Waals surface area (Å²) in [7, 11) is 0. The van der Waals surface area contributed by atoms with Crippen LogP contribution in [0, 0.1) is 6.92 Å². The Labute approximate surface area is 108 Å². The maximum absolute atomic E-state index is 11.5. The fourth-order valence-electron chi connectivity index (χ4n) is 2.51. The van der Waals surface area contributed by atoms with E-state index >= 15 is 0 Å². The van der Waals surface area contributed by atoms with Gasteiger partial charge in [-0.15, -0.1) is 0 Å². The minimum absolute atomic E-state index is 0.0512. The van der Waals surface area contributed by atoms with Gasteiger partial charge in [0.15, 0.2) is 0 Å². The second kappa shape index (κ2) is 5.53. The van der Waals surface area contributed by atoms with Crippen molar-refractivity contribution in [2.24, 2.45) is 0 Å². The van der Waals surface area contributed by atoms with Gasteiger partial charge in [-0.05, 0) is 25.3 Å². The van der Waals surface area contributed by atoms with Gasteiger partial charge in [-0.1, -0.05) is 37.5 Å². The molecule has 0 saturated heterocycles. The molecule has 98 valence electrons. The summed E-state index contributed by atoms with van der Waals surface area (Å²) in [5.74, 6) is 0.0512. The molecular formula is C15H21NO2. The number of anilines is 1. The van der Waals surface area contributed by atoms with E-state index in [9.17, 15) is 9.90 Å². The highest BCUT2D eigenvalue weighted by Crippen LogP contribution is 2.34. The van der Waals surface area contributed by atoms with Crippen molar-refractivity contribution >= 4 is 11.6 Å². The molecule has 1 heterocycles. The molecule has 1 aromatic rings. The first-order valence-electron chi connectivity index (χ1n) is 6.73. The number of rotatable bonds is 4. The van der Waals surface area contributed by atoms with Gasteiger partial charge >= 0.3 is 0 Å². The van der Waals surface area contributed by atoms with Crippen molar-refractivity contribution in [3.05, 3.63) is 28.8 Å². The summed E-state index contributed by atoms with van der Waals surface area (Å²) >= 11 is 0. The van der Waals surface area contributed by atoms with Crippen LogP contribution in [0.5, 0.6) is 0 Å². The van der Waals surface area contributed by atoms with Crippen LogP contribution in [0.3, 0.4) is 0 Å². The second-order valence-electron chi connectivity index (χ2n) is 5.09. The van der Waals surface area contributed by atoms with Gasteiger partial charge < -0.3 is 10.4 Å². The van der Waals surface area contributed by atoms with E-state index in [0.717, 1.165) is 48.1 Å². The summed E-state index contributed by atoms with van der Waals surface area (Å²) in [5, 5.41) is 13.2. The Hall–Kier alpha value is -1.35. The van der Waals surface area contributed by atoms with Gasteiger partial charge in [0.1, 0.15) is 0 Å². The first-order chi connectivity index (χ1) is 8.61. The van der Waals surface area contributed by atoms with Crippen molar-refractivity contribution in [2.45, 2.75) is 52.1 Å². The molecule has 0 aromatic heterocycles. The Balaban J connectivity index is 2.33. The van der Waals surface area contributed by atoms with Crippen molar-refractivity contribution in [2.75, 3.05) is 5.32 Å². The maximum Gasteiger partial charge on any atom is 0.224 e. The number of carbonyl (C=O) groups excluding carboxylic acids is 1. The number of hydrogen-bond acceptors (Lipinski definition) is 2. The van der Waals surface area contributed by atoms with Gasteiger partial charge in [0, 0.05) is 17.7 Å². The molecule has 18 heavy (non-hydrogen) atoms. The minimum atomic E-state index is -0.475. The number of unbranched alkanes of at least 4 members (excludes halogenated alkanes) is 1. The van der Waals surface area contributed by atoms with Crippen LogP contribution in [0.1, 0.15) is 55.4 Å². The van der Waals surface area contributed by atoms with Crippen LogP contribution in [0.25, 0.3) is 0 Å². The number of amides is 1. The molecule has 0 spiro atoms. The van der Waals surface area contributed by atoms with E-state index in [4.69, 9.17) is 0 Å². The van der Waals surface area contributed by atoms with Crippen LogP contribution in [-0.4, -0.2) is 11.0 Å². The lowest BCUT2D eigenvalue weighted by Crippen LogP contribution is -2.21. The Bertz CT molecular complexity index is 454. The van der Waals surface area contributed by atoms with Crippen molar-refractivity contribution in [3.63, 3.8) is 0 Å². The molecule has 1 amide bonds. The maximum atomic E-state index is 11.5. The van der Waals surface area contributed by atoms with Gasteiger partial charge in [0.25, 0.3) is 0 Å². The SMILES string of the molecule is CCCCC(O)c1cc(C)cc2c1NC(=O)CC2. The number of nitrogens with one attached hydrogen (secondary N) is 1. The number of benzene rings is 1. The smallest absolute Gasteiger partial charge is 0.224 e. The van der Waals surface area contributed by atoms with E-state index < -0.39 is 6.10 Å². The fraction of sp³-hybridized carbons (Fsp3) is 0.533. The number of fused-ring (bicyclic) bond motifs is 1. The number of aryl methyl sites for hydroxylation is 2. The number of carbonyl (C=O) groups is 1. The second-order valence-corrected chi connectivity index (χ2v) is 5.09. The van der Waals surface area contributed by atoms with Crippen molar-refractivity contribution < 1.29 is 9.90 Å². The van der Waals surface area contributed by atoms with Crippen LogP contribution in [0.15, 0.2) is 12.1 Å². The minimum Gasteiger partial charge on any atom is -0.388 e. The van der Waals surface area contributed by atoms with Gasteiger partial charge in [-0.25, -0.2) is 0 Å². The third-order valence-corrected chi connectivity index (χ3v) is 3.47. The zero-order chi connectivity index (χ0) is 13.1. The lowest BCUT2D eigenvalue weighted by molar-refractivity contribution is -0.116. The standard InChI is InChI=1S/C15H21NO2/c1-3-4-5-13(17)12-9-10(2)8-11-6-7-14(18)16-15(11)12/h8-9,13,17H,3-7H2,1-2H3,(H,16,18). The van der Waals surface area contributed by atoms with Crippen LogP contribution < -0.4 is 5.32 Å². The summed E-state index contributed by atoms with van der Waals surface area (Å²) in [6.07, 6.45) is 3.66. The number of aliphatic hydroxyl groups is 1. The summed E-state index contributed by atoms with van der Waals surface area (Å²) in [5.41, 5.74) is 4.03. The topological polar surface area (TPSA) is 49.3 Å². The predicted octanol–water partition coefficient (Wildman–Crippen LogP) is 3.10. The van der Waals surface area contributed by atoms with E-state index in [0.29, 0.717) is 6.42 Å². The van der Waals surface area contributed by atoms with E-state index in [-0.39, 0.29) is 5.91 Å². The van der Waals surface area contributed by atoms with E-state index in [2.05, 4.69) is 18.3 Å². The first kappa shape index (κ1) is 13.1. The van der Waals surface area contributed by atoms with E-state index in [1.165, 1.54) is 0 Å². The third kappa shape index (κ3) is 2.72. The molecule has 2 N–H and O–H groups in total. The van der Waals surface area contributed by atoms with E-state index in [1.807, 2.05) is 13.0 Å². The Kier molecular flexibility index (Phi) is 4.02. The summed E-state index contributed by atoms with van der Waals surface area (Å²) in [6, 6.07) is 4.09. The molecule has 1 unspecified atom stereocenters. The predicted molar refractivity (Wildman–Crippen MR) is 72.6 cm³/mol. The summed E-state index contributed by atoms with van der Waals surface area (Å²) in [6.45, 7) is 4.15. The molecule has 1 aromatic carbocycles. The molecule has 0 fully saturated rings. The number of hydrogen-bond donors (Lipinski definition) is 2. The van der Waals surface area contributed by atoms with Gasteiger partial charge in [0.05, 0.1) is 6.10 Å². The lowest BCUT2D eigenvalue weighted by atomic mass is 9.92. The lowest BCUT2D eigenvalue weighted by Gasteiger charge is -2.23. The molecule has 3 nitrogen and oxygen atoms in total. The zero-order valence-electron chi connectivity index (χ0n) is 11.1. The normalized spacial score (nSPS) is 16.1. The number of aliphatic hydroxyl groups excluding tert-OH is 1.